The molecule has 3 nitrogen and oxygen atoms in total. The normalized spacial score (nSPS) is 10.3. The van der Waals surface area contributed by atoms with Crippen LogP contribution in [0.2, 0.25) is 5.02 Å². The Kier molecular flexibility index (Phi) is 3.56. The molecule has 1 heterocycles. The second kappa shape index (κ2) is 5.12. The van der Waals surface area contributed by atoms with E-state index in [1.807, 2.05) is 0 Å². The number of hydrogen-bond acceptors (Lipinski definition) is 3. The predicted octanol–water partition coefficient (Wildman–Crippen LogP) is 3.13. The number of nitrogens with two attached hydrogens (primary N) is 1. The van der Waals surface area contributed by atoms with E-state index in [0.29, 0.717) is 16.3 Å². The molecule has 0 aliphatic rings. The van der Waals surface area contributed by atoms with E-state index in [-0.39, 0.29) is 12.3 Å². The smallest absolute Gasteiger partial charge is 0.166 e. The van der Waals surface area contributed by atoms with Gasteiger partial charge in [0.2, 0.25) is 0 Å². The van der Waals surface area contributed by atoms with Crippen LogP contribution in [0.3, 0.4) is 0 Å². The lowest BCUT2D eigenvalue weighted by atomic mass is 10.2. The average molecular weight is 253 g/mol. The van der Waals surface area contributed by atoms with Crippen LogP contribution in [0.5, 0.6) is 11.5 Å². The van der Waals surface area contributed by atoms with Crippen molar-refractivity contribution in [2.75, 3.05) is 0 Å². The SMILES string of the molecule is NCc1ccc(Oc2ccncc2Cl)c(F)c1. The highest BCUT2D eigenvalue weighted by atomic mass is 35.5. The lowest BCUT2D eigenvalue weighted by Crippen LogP contribution is -1.97. The monoisotopic (exact) mass is 252 g/mol. The van der Waals surface area contributed by atoms with Crippen molar-refractivity contribution < 1.29 is 9.13 Å². The number of ether oxygens (including phenoxy) is 1. The number of halogens is 2. The minimum atomic E-state index is -0.471. The summed E-state index contributed by atoms with van der Waals surface area (Å²) in [4.78, 5) is 3.81. The van der Waals surface area contributed by atoms with E-state index in [2.05, 4.69) is 4.98 Å². The van der Waals surface area contributed by atoms with E-state index >= 15 is 0 Å². The number of hydrogen-bond donors (Lipinski definition) is 1. The van der Waals surface area contributed by atoms with Crippen molar-refractivity contribution in [3.8, 4) is 11.5 Å². The molecule has 0 bridgehead atoms. The zero-order valence-electron chi connectivity index (χ0n) is 8.86. The van der Waals surface area contributed by atoms with E-state index < -0.39 is 5.82 Å². The molecule has 0 aliphatic carbocycles. The predicted molar refractivity (Wildman–Crippen MR) is 63.6 cm³/mol. The van der Waals surface area contributed by atoms with Gasteiger partial charge in [0, 0.05) is 25.0 Å². The largest absolute Gasteiger partial charge is 0.453 e. The first-order valence-corrected chi connectivity index (χ1v) is 5.34. The molecule has 2 rings (SSSR count). The molecule has 0 spiro atoms. The molecule has 0 fully saturated rings. The summed E-state index contributed by atoms with van der Waals surface area (Å²) < 4.78 is 19.0. The average Bonchev–Trinajstić information content (AvgIpc) is 2.34. The summed E-state index contributed by atoms with van der Waals surface area (Å²) in [6.07, 6.45) is 2.95. The Hall–Kier alpha value is -1.65. The summed E-state index contributed by atoms with van der Waals surface area (Å²) >= 11 is 5.86. The fraction of sp³-hybridized carbons (Fsp3) is 0.0833. The summed E-state index contributed by atoms with van der Waals surface area (Å²) in [6, 6.07) is 6.13. The Morgan fingerprint density at radius 1 is 1.29 bits per heavy atom. The molecule has 0 saturated heterocycles. The summed E-state index contributed by atoms with van der Waals surface area (Å²) in [5, 5.41) is 0.329. The van der Waals surface area contributed by atoms with E-state index in [4.69, 9.17) is 22.1 Å². The number of benzene rings is 1. The van der Waals surface area contributed by atoms with Crippen LogP contribution in [0.15, 0.2) is 36.7 Å². The molecule has 0 saturated carbocycles. The van der Waals surface area contributed by atoms with Crippen LogP contribution in [-0.2, 0) is 6.54 Å². The van der Waals surface area contributed by atoms with Gasteiger partial charge in [-0.15, -0.1) is 0 Å². The zero-order valence-corrected chi connectivity index (χ0v) is 9.62. The second-order valence-corrected chi connectivity index (χ2v) is 3.78. The maximum Gasteiger partial charge on any atom is 0.166 e. The number of aromatic nitrogens is 1. The third-order valence-corrected chi connectivity index (χ3v) is 2.47. The van der Waals surface area contributed by atoms with Gasteiger partial charge in [-0.2, -0.15) is 0 Å². The van der Waals surface area contributed by atoms with Gasteiger partial charge in [-0.25, -0.2) is 4.39 Å². The van der Waals surface area contributed by atoms with Gasteiger partial charge in [-0.3, -0.25) is 4.98 Å². The van der Waals surface area contributed by atoms with Crippen molar-refractivity contribution in [1.82, 2.24) is 4.98 Å². The third kappa shape index (κ3) is 2.72. The van der Waals surface area contributed by atoms with E-state index in [1.165, 1.54) is 24.5 Å². The number of nitrogens with zero attached hydrogens (tertiary/aromatic N) is 1. The lowest BCUT2D eigenvalue weighted by molar-refractivity contribution is 0.441. The van der Waals surface area contributed by atoms with Crippen LogP contribution in [0.1, 0.15) is 5.56 Å². The first kappa shape index (κ1) is 11.8. The second-order valence-electron chi connectivity index (χ2n) is 3.38. The van der Waals surface area contributed by atoms with Crippen LogP contribution in [0.25, 0.3) is 0 Å². The zero-order chi connectivity index (χ0) is 12.3. The van der Waals surface area contributed by atoms with Crippen molar-refractivity contribution in [2.24, 2.45) is 5.73 Å². The van der Waals surface area contributed by atoms with Gasteiger partial charge in [-0.1, -0.05) is 17.7 Å². The Morgan fingerprint density at radius 2 is 2.12 bits per heavy atom. The van der Waals surface area contributed by atoms with Gasteiger partial charge < -0.3 is 10.5 Å². The molecule has 2 N–H and O–H groups in total. The standard InChI is InChI=1S/C12H10ClFN2O/c13-9-7-16-4-3-11(9)17-12-2-1-8(6-15)5-10(12)14/h1-5,7H,6,15H2. The summed E-state index contributed by atoms with van der Waals surface area (Å²) in [7, 11) is 0. The van der Waals surface area contributed by atoms with Gasteiger partial charge in [0.05, 0.1) is 0 Å². The Labute approximate surface area is 103 Å². The van der Waals surface area contributed by atoms with Crippen LogP contribution < -0.4 is 10.5 Å². The first-order valence-electron chi connectivity index (χ1n) is 4.96. The van der Waals surface area contributed by atoms with Gasteiger partial charge in [0.1, 0.15) is 10.8 Å². The summed E-state index contributed by atoms with van der Waals surface area (Å²) in [5.74, 6) is -0.00260. The fourth-order valence-corrected chi connectivity index (χ4v) is 1.48. The molecular formula is C12H10ClFN2O. The topological polar surface area (TPSA) is 48.1 Å². The molecule has 0 unspecified atom stereocenters. The van der Waals surface area contributed by atoms with Crippen LogP contribution in [0.4, 0.5) is 4.39 Å². The minimum absolute atomic E-state index is 0.107. The van der Waals surface area contributed by atoms with Gasteiger partial charge in [0.25, 0.3) is 0 Å². The first-order chi connectivity index (χ1) is 8.20. The molecule has 0 radical (unpaired) electrons. The Morgan fingerprint density at radius 3 is 2.76 bits per heavy atom. The Bertz CT molecular complexity index is 534. The third-order valence-electron chi connectivity index (χ3n) is 2.19. The fourth-order valence-electron chi connectivity index (χ4n) is 1.32. The number of rotatable bonds is 3. The summed E-state index contributed by atoms with van der Waals surface area (Å²) in [6.45, 7) is 0.285. The molecule has 2 aromatic rings. The molecular weight excluding hydrogens is 243 g/mol. The molecule has 1 aromatic heterocycles. The van der Waals surface area contributed by atoms with Crippen molar-refractivity contribution in [3.05, 3.63) is 53.1 Å². The lowest BCUT2D eigenvalue weighted by Gasteiger charge is -2.08. The van der Waals surface area contributed by atoms with Crippen molar-refractivity contribution in [2.45, 2.75) is 6.54 Å². The summed E-state index contributed by atoms with van der Waals surface area (Å²) in [5.41, 5.74) is 6.11. The van der Waals surface area contributed by atoms with Crippen LogP contribution >= 0.6 is 11.6 Å². The molecule has 0 amide bonds. The maximum absolute atomic E-state index is 13.6. The van der Waals surface area contributed by atoms with Gasteiger partial charge >= 0.3 is 0 Å². The van der Waals surface area contributed by atoms with E-state index in [0.717, 1.165) is 0 Å². The molecule has 1 aromatic carbocycles. The van der Waals surface area contributed by atoms with Gasteiger partial charge in [-0.05, 0) is 17.7 Å². The highest BCUT2D eigenvalue weighted by Crippen LogP contribution is 2.29. The maximum atomic E-state index is 13.6. The van der Waals surface area contributed by atoms with Crippen LogP contribution in [-0.4, -0.2) is 4.98 Å². The molecule has 88 valence electrons. The molecule has 0 aliphatic heterocycles. The van der Waals surface area contributed by atoms with E-state index in [9.17, 15) is 4.39 Å². The molecule has 0 atom stereocenters. The minimum Gasteiger partial charge on any atom is -0.453 e. The van der Waals surface area contributed by atoms with Crippen molar-refractivity contribution in [1.29, 1.82) is 0 Å². The van der Waals surface area contributed by atoms with Crippen molar-refractivity contribution >= 4 is 11.6 Å². The quantitative estimate of drug-likeness (QED) is 0.913. The number of pyridine rings is 1. The van der Waals surface area contributed by atoms with E-state index in [1.54, 1.807) is 12.1 Å². The van der Waals surface area contributed by atoms with Crippen LogP contribution in [0, 0.1) is 5.82 Å². The molecule has 17 heavy (non-hydrogen) atoms. The van der Waals surface area contributed by atoms with Crippen molar-refractivity contribution in [3.63, 3.8) is 0 Å². The Balaban J connectivity index is 2.28. The highest BCUT2D eigenvalue weighted by molar-refractivity contribution is 6.31. The highest BCUT2D eigenvalue weighted by Gasteiger charge is 2.08. The molecule has 5 heteroatoms. The van der Waals surface area contributed by atoms with Gasteiger partial charge in [0.15, 0.2) is 11.6 Å².